The van der Waals surface area contributed by atoms with Gasteiger partial charge in [-0.15, -0.1) is 0 Å². The first-order valence-corrected chi connectivity index (χ1v) is 9.25. The highest BCUT2D eigenvalue weighted by molar-refractivity contribution is 6.01. The summed E-state index contributed by atoms with van der Waals surface area (Å²) in [4.78, 5) is 9.56. The van der Waals surface area contributed by atoms with Crippen molar-refractivity contribution in [3.8, 4) is 0 Å². The van der Waals surface area contributed by atoms with Crippen LogP contribution in [0, 0.1) is 0 Å². The summed E-state index contributed by atoms with van der Waals surface area (Å²) >= 11 is 0. The lowest BCUT2D eigenvalue weighted by Gasteiger charge is -2.07. The van der Waals surface area contributed by atoms with Gasteiger partial charge in [-0.05, 0) is 54.3 Å². The number of aromatic nitrogens is 1. The molecule has 2 N–H and O–H groups in total. The van der Waals surface area contributed by atoms with Gasteiger partial charge in [0.15, 0.2) is 0 Å². The van der Waals surface area contributed by atoms with Gasteiger partial charge in [-0.2, -0.15) is 0 Å². The largest absolute Gasteiger partial charge is 0.399 e. The number of nitrogens with two attached hydrogens (primary N) is 1. The Labute approximate surface area is 159 Å². The van der Waals surface area contributed by atoms with E-state index in [1.807, 2.05) is 37.3 Å². The van der Waals surface area contributed by atoms with Crippen molar-refractivity contribution in [1.82, 2.24) is 4.98 Å². The highest BCUT2D eigenvalue weighted by atomic mass is 14.8. The van der Waals surface area contributed by atoms with E-state index in [-0.39, 0.29) is 0 Å². The van der Waals surface area contributed by atoms with Crippen LogP contribution < -0.4 is 5.73 Å². The van der Waals surface area contributed by atoms with E-state index >= 15 is 0 Å². The molecule has 0 aliphatic carbocycles. The van der Waals surface area contributed by atoms with Gasteiger partial charge in [-0.1, -0.05) is 50.2 Å². The first-order valence-electron chi connectivity index (χ1n) is 9.25. The number of rotatable bonds is 3. The monoisotopic (exact) mass is 353 g/mol. The van der Waals surface area contributed by atoms with Gasteiger partial charge in [0.25, 0.3) is 0 Å². The summed E-state index contributed by atoms with van der Waals surface area (Å²) in [7, 11) is 0. The third-order valence-corrected chi connectivity index (χ3v) is 4.91. The van der Waals surface area contributed by atoms with E-state index in [0.717, 1.165) is 44.5 Å². The maximum absolute atomic E-state index is 5.90. The maximum atomic E-state index is 5.90. The number of benzene rings is 3. The Kier molecular flexibility index (Phi) is 4.36. The molecule has 0 atom stereocenters. The molecular weight excluding hydrogens is 330 g/mol. The molecule has 0 aliphatic heterocycles. The number of hydrogen-bond donors (Lipinski definition) is 1. The fourth-order valence-corrected chi connectivity index (χ4v) is 3.26. The van der Waals surface area contributed by atoms with Crippen LogP contribution in [-0.4, -0.2) is 10.7 Å². The molecule has 0 fully saturated rings. The average molecular weight is 353 g/mol. The Morgan fingerprint density at radius 1 is 0.852 bits per heavy atom. The van der Waals surface area contributed by atoms with Crippen molar-refractivity contribution in [2.75, 3.05) is 5.73 Å². The van der Waals surface area contributed by atoms with E-state index in [0.29, 0.717) is 5.92 Å². The van der Waals surface area contributed by atoms with Crippen LogP contribution in [0.1, 0.15) is 37.8 Å². The average Bonchev–Trinajstić information content (AvgIpc) is 2.66. The van der Waals surface area contributed by atoms with Crippen molar-refractivity contribution in [2.45, 2.75) is 26.7 Å². The number of aliphatic imine (C=N–C) groups is 1. The lowest BCUT2D eigenvalue weighted by Crippen LogP contribution is -1.95. The quantitative estimate of drug-likeness (QED) is 0.269. The summed E-state index contributed by atoms with van der Waals surface area (Å²) in [5, 5.41) is 2.19. The Morgan fingerprint density at radius 2 is 1.52 bits per heavy atom. The third kappa shape index (κ3) is 3.54. The molecule has 3 aromatic carbocycles. The number of anilines is 1. The summed E-state index contributed by atoms with van der Waals surface area (Å²) in [6, 6.07) is 22.8. The topological polar surface area (TPSA) is 51.3 Å². The summed E-state index contributed by atoms with van der Waals surface area (Å²) in [5.74, 6) is 0.534. The molecule has 1 heterocycles. The van der Waals surface area contributed by atoms with Crippen LogP contribution in [0.25, 0.3) is 21.8 Å². The first kappa shape index (κ1) is 17.2. The molecule has 0 saturated heterocycles. The van der Waals surface area contributed by atoms with Gasteiger partial charge in [-0.25, -0.2) is 4.98 Å². The number of nitrogens with zero attached hydrogens (tertiary/aromatic N) is 2. The molecule has 4 aromatic rings. The van der Waals surface area contributed by atoms with Crippen molar-refractivity contribution in [1.29, 1.82) is 0 Å². The van der Waals surface area contributed by atoms with Crippen LogP contribution in [-0.2, 0) is 0 Å². The summed E-state index contributed by atoms with van der Waals surface area (Å²) < 4.78 is 0. The van der Waals surface area contributed by atoms with Gasteiger partial charge < -0.3 is 5.73 Å². The van der Waals surface area contributed by atoms with Crippen molar-refractivity contribution >= 4 is 38.9 Å². The summed E-state index contributed by atoms with van der Waals surface area (Å²) in [5.41, 5.74) is 12.8. The van der Waals surface area contributed by atoms with Gasteiger partial charge in [0.05, 0.1) is 16.7 Å². The van der Waals surface area contributed by atoms with Gasteiger partial charge >= 0.3 is 0 Å². The van der Waals surface area contributed by atoms with Crippen molar-refractivity contribution in [3.63, 3.8) is 0 Å². The standard InChI is InChI=1S/C24H23N3/c1-15(2)17-4-6-18(7-5-17)16(3)26-22-11-9-20-12-19-8-10-21(25)13-23(19)27-24(20)14-22/h4-15H,25H2,1-3H3. The highest BCUT2D eigenvalue weighted by Gasteiger charge is 2.04. The molecule has 0 radical (unpaired) electrons. The second-order valence-corrected chi connectivity index (χ2v) is 7.29. The molecule has 3 nitrogen and oxygen atoms in total. The predicted molar refractivity (Wildman–Crippen MR) is 116 cm³/mol. The van der Waals surface area contributed by atoms with E-state index in [4.69, 9.17) is 15.7 Å². The van der Waals surface area contributed by atoms with Gasteiger partial charge in [0.2, 0.25) is 0 Å². The zero-order chi connectivity index (χ0) is 19.0. The number of nitrogen functional groups attached to an aromatic ring is 1. The third-order valence-electron chi connectivity index (χ3n) is 4.91. The van der Waals surface area contributed by atoms with Crippen LogP contribution in [0.2, 0.25) is 0 Å². The molecule has 134 valence electrons. The molecule has 0 bridgehead atoms. The van der Waals surface area contributed by atoms with Crippen molar-refractivity contribution in [2.24, 2.45) is 4.99 Å². The molecule has 0 saturated carbocycles. The van der Waals surface area contributed by atoms with Crippen LogP contribution in [0.4, 0.5) is 11.4 Å². The molecule has 0 spiro atoms. The predicted octanol–water partition coefficient (Wildman–Crippen LogP) is 6.23. The molecule has 27 heavy (non-hydrogen) atoms. The zero-order valence-electron chi connectivity index (χ0n) is 15.9. The summed E-state index contributed by atoms with van der Waals surface area (Å²) in [6.45, 7) is 6.45. The minimum absolute atomic E-state index is 0.534. The Balaban J connectivity index is 1.72. The molecule has 0 unspecified atom stereocenters. The van der Waals surface area contributed by atoms with Crippen molar-refractivity contribution < 1.29 is 0 Å². The van der Waals surface area contributed by atoms with E-state index in [1.165, 1.54) is 5.56 Å². The van der Waals surface area contributed by atoms with E-state index in [9.17, 15) is 0 Å². The summed E-state index contributed by atoms with van der Waals surface area (Å²) in [6.07, 6.45) is 0. The second-order valence-electron chi connectivity index (χ2n) is 7.29. The van der Waals surface area contributed by atoms with Crippen LogP contribution in [0.5, 0.6) is 0 Å². The van der Waals surface area contributed by atoms with Gasteiger partial charge in [-0.3, -0.25) is 4.99 Å². The minimum atomic E-state index is 0.534. The van der Waals surface area contributed by atoms with Gasteiger partial charge in [0.1, 0.15) is 0 Å². The number of pyridine rings is 1. The Hall–Kier alpha value is -3.20. The molecule has 1 aromatic heterocycles. The molecular formula is C24H23N3. The van der Waals surface area contributed by atoms with E-state index in [2.05, 4.69) is 50.2 Å². The Morgan fingerprint density at radius 3 is 2.22 bits per heavy atom. The van der Waals surface area contributed by atoms with E-state index < -0.39 is 0 Å². The molecule has 3 heteroatoms. The zero-order valence-corrected chi connectivity index (χ0v) is 15.9. The SMILES string of the molecule is CC(=Nc1ccc2cc3ccc(N)cc3nc2c1)c1ccc(C(C)C)cc1. The number of hydrogen-bond acceptors (Lipinski definition) is 3. The minimum Gasteiger partial charge on any atom is -0.399 e. The maximum Gasteiger partial charge on any atom is 0.0731 e. The Bertz CT molecular complexity index is 1160. The van der Waals surface area contributed by atoms with Crippen LogP contribution in [0.15, 0.2) is 71.7 Å². The normalized spacial score (nSPS) is 12.2. The molecule has 4 rings (SSSR count). The second kappa shape index (κ2) is 6.84. The highest BCUT2D eigenvalue weighted by Crippen LogP contribution is 2.25. The fraction of sp³-hybridized carbons (Fsp3) is 0.167. The number of fused-ring (bicyclic) bond motifs is 2. The first-order chi connectivity index (χ1) is 13.0. The fourth-order valence-electron chi connectivity index (χ4n) is 3.26. The molecule has 0 aliphatic rings. The lowest BCUT2D eigenvalue weighted by molar-refractivity contribution is 0.866. The van der Waals surface area contributed by atoms with Crippen molar-refractivity contribution in [3.05, 3.63) is 77.9 Å². The van der Waals surface area contributed by atoms with E-state index in [1.54, 1.807) is 0 Å². The van der Waals surface area contributed by atoms with Crippen LogP contribution in [0.3, 0.4) is 0 Å². The smallest absolute Gasteiger partial charge is 0.0731 e. The van der Waals surface area contributed by atoms with Gasteiger partial charge in [0, 0.05) is 22.2 Å². The van der Waals surface area contributed by atoms with Crippen LogP contribution >= 0.6 is 0 Å². The lowest BCUT2D eigenvalue weighted by atomic mass is 10.0. The molecule has 0 amide bonds.